The van der Waals surface area contributed by atoms with E-state index in [9.17, 15) is 19.2 Å². The first-order valence-corrected chi connectivity index (χ1v) is 12.5. The minimum Gasteiger partial charge on any atom is -0.369 e. The molecule has 3 amide bonds. The highest BCUT2D eigenvalue weighted by molar-refractivity contribution is 5.99. The average Bonchev–Trinajstić information content (AvgIpc) is 2.88. The molecule has 37 heavy (non-hydrogen) atoms. The fraction of sp³-hybridized carbons (Fsp3) is 0.370. The molecule has 10 nitrogen and oxygen atoms in total. The van der Waals surface area contributed by atoms with E-state index >= 15 is 0 Å². The number of fused-ring (bicyclic) bond motifs is 1. The number of nitrogens with one attached hydrogen (secondary N) is 2. The van der Waals surface area contributed by atoms with Crippen molar-refractivity contribution in [3.8, 4) is 0 Å². The molecule has 3 heterocycles. The molecule has 1 unspecified atom stereocenters. The lowest BCUT2D eigenvalue weighted by molar-refractivity contribution is -0.136. The summed E-state index contributed by atoms with van der Waals surface area (Å²) in [6.45, 7) is 7.69. The molecule has 2 saturated heterocycles. The smallest absolute Gasteiger partial charge is 0.275 e. The Labute approximate surface area is 214 Å². The molecule has 10 heteroatoms. The third-order valence-corrected chi connectivity index (χ3v) is 7.01. The Balaban J connectivity index is 1.27. The van der Waals surface area contributed by atoms with Gasteiger partial charge in [-0.25, -0.2) is 4.68 Å². The summed E-state index contributed by atoms with van der Waals surface area (Å²) in [5.74, 6) is -0.886. The normalized spacial score (nSPS) is 18.6. The summed E-state index contributed by atoms with van der Waals surface area (Å²) in [5.41, 5.74) is 3.38. The average molecular weight is 503 g/mol. The topological polar surface area (TPSA) is 117 Å². The Morgan fingerprint density at radius 1 is 1.03 bits per heavy atom. The van der Waals surface area contributed by atoms with Gasteiger partial charge in [0, 0.05) is 62.8 Å². The second kappa shape index (κ2) is 10.1. The van der Waals surface area contributed by atoms with E-state index in [0.717, 1.165) is 49.5 Å². The van der Waals surface area contributed by atoms with E-state index in [1.165, 1.54) is 17.2 Å². The van der Waals surface area contributed by atoms with Gasteiger partial charge in [0.1, 0.15) is 6.04 Å². The van der Waals surface area contributed by atoms with Gasteiger partial charge in [0.05, 0.1) is 11.1 Å². The highest BCUT2D eigenvalue weighted by Crippen LogP contribution is 2.25. The number of nitrogens with zero attached hydrogens (tertiary/aromatic N) is 4. The summed E-state index contributed by atoms with van der Waals surface area (Å²) in [4.78, 5) is 52.9. The van der Waals surface area contributed by atoms with Crippen molar-refractivity contribution in [1.82, 2.24) is 20.0 Å². The van der Waals surface area contributed by atoms with Crippen molar-refractivity contribution in [3.05, 3.63) is 64.1 Å². The summed E-state index contributed by atoms with van der Waals surface area (Å²) in [5, 5.41) is 10.8. The van der Waals surface area contributed by atoms with Gasteiger partial charge in [0.25, 0.3) is 11.5 Å². The molecular formula is C27H30N6O4. The Kier molecular flexibility index (Phi) is 6.75. The van der Waals surface area contributed by atoms with Crippen molar-refractivity contribution < 1.29 is 14.4 Å². The van der Waals surface area contributed by atoms with Crippen LogP contribution in [0.25, 0.3) is 10.8 Å². The van der Waals surface area contributed by atoms with Crippen LogP contribution in [0.1, 0.15) is 37.1 Å². The summed E-state index contributed by atoms with van der Waals surface area (Å²) < 4.78 is 1.22. The summed E-state index contributed by atoms with van der Waals surface area (Å²) in [7, 11) is 0. The van der Waals surface area contributed by atoms with Crippen molar-refractivity contribution in [1.29, 1.82) is 0 Å². The maximum atomic E-state index is 13.2. The van der Waals surface area contributed by atoms with Gasteiger partial charge >= 0.3 is 0 Å². The van der Waals surface area contributed by atoms with Gasteiger partial charge in [-0.05, 0) is 49.2 Å². The lowest BCUT2D eigenvalue weighted by Gasteiger charge is -2.36. The summed E-state index contributed by atoms with van der Waals surface area (Å²) >= 11 is 0. The molecule has 0 radical (unpaired) electrons. The predicted octanol–water partition coefficient (Wildman–Crippen LogP) is 1.96. The zero-order valence-corrected chi connectivity index (χ0v) is 21.0. The van der Waals surface area contributed by atoms with Crippen molar-refractivity contribution in [2.24, 2.45) is 0 Å². The van der Waals surface area contributed by atoms with Gasteiger partial charge in [0.15, 0.2) is 0 Å². The number of rotatable bonds is 5. The molecule has 2 aliphatic rings. The highest BCUT2D eigenvalue weighted by atomic mass is 16.2. The number of aryl methyl sites for hydroxylation is 1. The molecule has 5 rings (SSSR count). The van der Waals surface area contributed by atoms with Crippen molar-refractivity contribution in [2.45, 2.75) is 39.3 Å². The Bertz CT molecular complexity index is 1420. The van der Waals surface area contributed by atoms with E-state index in [4.69, 9.17) is 0 Å². The van der Waals surface area contributed by atoms with Crippen LogP contribution in [0.2, 0.25) is 0 Å². The molecule has 2 aromatic carbocycles. The number of carbonyl (C=O) groups excluding carboxylic acids is 3. The lowest BCUT2D eigenvalue weighted by Crippen LogP contribution is -2.46. The summed E-state index contributed by atoms with van der Waals surface area (Å²) in [6.07, 6.45) is 0.458. The third-order valence-electron chi connectivity index (χ3n) is 7.01. The number of carbonyl (C=O) groups is 3. The zero-order chi connectivity index (χ0) is 26.1. The number of amides is 3. The van der Waals surface area contributed by atoms with Crippen LogP contribution in [0.5, 0.6) is 0 Å². The molecule has 3 aromatic rings. The minimum atomic E-state index is -0.775. The van der Waals surface area contributed by atoms with E-state index in [-0.39, 0.29) is 30.2 Å². The van der Waals surface area contributed by atoms with Gasteiger partial charge in [-0.2, -0.15) is 5.10 Å². The van der Waals surface area contributed by atoms with Crippen LogP contribution in [0, 0.1) is 6.92 Å². The van der Waals surface area contributed by atoms with E-state index in [2.05, 4.69) is 25.5 Å². The van der Waals surface area contributed by atoms with E-state index in [0.29, 0.717) is 11.1 Å². The molecule has 0 saturated carbocycles. The van der Waals surface area contributed by atoms with Gasteiger partial charge in [-0.1, -0.05) is 12.1 Å². The van der Waals surface area contributed by atoms with E-state index < -0.39 is 11.9 Å². The molecule has 0 spiro atoms. The van der Waals surface area contributed by atoms with Crippen LogP contribution >= 0.6 is 0 Å². The fourth-order valence-corrected chi connectivity index (χ4v) is 5.04. The van der Waals surface area contributed by atoms with Gasteiger partial charge in [0.2, 0.25) is 11.8 Å². The number of hydrogen-bond donors (Lipinski definition) is 2. The number of benzene rings is 2. The molecule has 1 aromatic heterocycles. The van der Waals surface area contributed by atoms with Gasteiger partial charge < -0.3 is 10.2 Å². The standard InChI is InChI=1S/C27H30N6O4/c1-17-23-15-21(7-8-22(23)27(37)33(30-17)24-9-10-25(35)29-26(24)36)32-13-11-31(12-14-32)16-19-3-5-20(6-4-19)28-18(2)34/h3-8,15,24H,9-14,16H2,1-2H3,(H,28,34)(H,29,35,36). The second-order valence-electron chi connectivity index (χ2n) is 9.67. The first kappa shape index (κ1) is 24.6. The Hall–Kier alpha value is -4.05. The maximum Gasteiger partial charge on any atom is 0.275 e. The monoisotopic (exact) mass is 502 g/mol. The van der Waals surface area contributed by atoms with Crippen LogP contribution in [0.15, 0.2) is 47.3 Å². The molecular weight excluding hydrogens is 472 g/mol. The summed E-state index contributed by atoms with van der Waals surface area (Å²) in [6, 6.07) is 12.9. The molecule has 0 aliphatic carbocycles. The number of piperazine rings is 1. The number of imide groups is 1. The van der Waals surface area contributed by atoms with E-state index in [1.807, 2.05) is 49.4 Å². The Morgan fingerprint density at radius 3 is 2.43 bits per heavy atom. The second-order valence-corrected chi connectivity index (χ2v) is 9.67. The van der Waals surface area contributed by atoms with Gasteiger partial charge in [-0.3, -0.25) is 29.4 Å². The Morgan fingerprint density at radius 2 is 1.76 bits per heavy atom. The van der Waals surface area contributed by atoms with E-state index in [1.54, 1.807) is 0 Å². The number of anilines is 2. The quantitative estimate of drug-likeness (QED) is 0.513. The largest absolute Gasteiger partial charge is 0.369 e. The number of aromatic nitrogens is 2. The van der Waals surface area contributed by atoms with Crippen LogP contribution < -0.4 is 21.1 Å². The number of piperidine rings is 1. The first-order chi connectivity index (χ1) is 17.8. The van der Waals surface area contributed by atoms with Crippen molar-refractivity contribution >= 4 is 39.9 Å². The van der Waals surface area contributed by atoms with Crippen molar-refractivity contribution in [3.63, 3.8) is 0 Å². The van der Waals surface area contributed by atoms with Crippen LogP contribution in [-0.4, -0.2) is 58.6 Å². The zero-order valence-electron chi connectivity index (χ0n) is 21.0. The molecule has 1 atom stereocenters. The fourth-order valence-electron chi connectivity index (χ4n) is 5.04. The minimum absolute atomic E-state index is 0.0801. The number of hydrogen-bond acceptors (Lipinski definition) is 7. The first-order valence-electron chi connectivity index (χ1n) is 12.5. The highest BCUT2D eigenvalue weighted by Gasteiger charge is 2.30. The van der Waals surface area contributed by atoms with Crippen molar-refractivity contribution in [2.75, 3.05) is 36.4 Å². The third kappa shape index (κ3) is 5.24. The lowest BCUT2D eigenvalue weighted by atomic mass is 10.1. The predicted molar refractivity (Wildman–Crippen MR) is 140 cm³/mol. The maximum absolute atomic E-state index is 13.2. The SMILES string of the molecule is CC(=O)Nc1ccc(CN2CCN(c3ccc4c(=O)n(C5CCC(=O)NC5=O)nc(C)c4c3)CC2)cc1. The van der Waals surface area contributed by atoms with Crippen LogP contribution in [0.4, 0.5) is 11.4 Å². The molecule has 2 fully saturated rings. The van der Waals surface area contributed by atoms with Crippen LogP contribution in [-0.2, 0) is 20.9 Å². The molecule has 2 N–H and O–H groups in total. The van der Waals surface area contributed by atoms with Gasteiger partial charge in [-0.15, -0.1) is 0 Å². The molecule has 2 aliphatic heterocycles. The van der Waals surface area contributed by atoms with Crippen LogP contribution in [0.3, 0.4) is 0 Å². The molecule has 0 bridgehead atoms. The molecule has 192 valence electrons.